The Morgan fingerprint density at radius 1 is 0.895 bits per heavy atom. The molecule has 2 rings (SSSR count). The third kappa shape index (κ3) is 4.85. The predicted molar refractivity (Wildman–Crippen MR) is 86.6 cm³/mol. The summed E-state index contributed by atoms with van der Waals surface area (Å²) < 4.78 is 4.07. The third-order valence-corrected chi connectivity index (χ3v) is 6.93. The molecule has 0 nitrogen and oxygen atoms in total. The number of allylic oxidation sites excluding steroid dienone is 2. The topological polar surface area (TPSA) is 0 Å². The van der Waals surface area contributed by atoms with E-state index in [1.807, 2.05) is 0 Å². The van der Waals surface area contributed by atoms with Crippen molar-refractivity contribution in [3.05, 3.63) is 82.3 Å². The van der Waals surface area contributed by atoms with Gasteiger partial charge in [0.25, 0.3) is 0 Å². The predicted octanol–water partition coefficient (Wildman–Crippen LogP) is 2.46. The van der Waals surface area contributed by atoms with Gasteiger partial charge in [0, 0.05) is 0 Å². The van der Waals surface area contributed by atoms with Crippen molar-refractivity contribution in [2.75, 3.05) is 0 Å². The molecule has 0 spiro atoms. The van der Waals surface area contributed by atoms with Crippen LogP contribution in [0.25, 0.3) is 0 Å². The van der Waals surface area contributed by atoms with Gasteiger partial charge in [-0.15, -0.1) is 0 Å². The van der Waals surface area contributed by atoms with Crippen LogP contribution in [-0.2, 0) is 0 Å². The SMILES string of the molecule is C=C([Se]c1ccccc1)/C(C)=C/[Se]c1ccccc1. The molecule has 0 aliphatic rings. The van der Waals surface area contributed by atoms with Gasteiger partial charge in [-0.1, -0.05) is 0 Å². The number of hydrogen-bond donors (Lipinski definition) is 0. The fourth-order valence-corrected chi connectivity index (χ4v) is 5.10. The van der Waals surface area contributed by atoms with Gasteiger partial charge in [-0.05, 0) is 0 Å². The first-order valence-corrected chi connectivity index (χ1v) is 9.62. The maximum atomic E-state index is 4.23. The van der Waals surface area contributed by atoms with E-state index in [0.717, 1.165) is 0 Å². The molecule has 0 unspecified atom stereocenters. The fourth-order valence-electron chi connectivity index (χ4n) is 1.43. The Morgan fingerprint density at radius 2 is 1.42 bits per heavy atom. The standard InChI is InChI=1S/C17H16Se2/c1-14(13-18-16-9-5-3-6-10-16)15(2)19-17-11-7-4-8-12-17/h3-13H,2H2,1H3/b14-13+. The molecule has 0 amide bonds. The van der Waals surface area contributed by atoms with Gasteiger partial charge in [-0.3, -0.25) is 0 Å². The summed E-state index contributed by atoms with van der Waals surface area (Å²) in [6.45, 7) is 6.41. The molecular formula is C17H16Se2. The summed E-state index contributed by atoms with van der Waals surface area (Å²) in [5.41, 5.74) is 1.34. The molecule has 0 radical (unpaired) electrons. The van der Waals surface area contributed by atoms with Crippen LogP contribution in [0.3, 0.4) is 0 Å². The summed E-state index contributed by atoms with van der Waals surface area (Å²) in [7, 11) is 0. The van der Waals surface area contributed by atoms with Gasteiger partial charge >= 0.3 is 128 Å². The van der Waals surface area contributed by atoms with Crippen molar-refractivity contribution < 1.29 is 0 Å². The van der Waals surface area contributed by atoms with E-state index in [1.54, 1.807) is 0 Å². The molecule has 0 atom stereocenters. The summed E-state index contributed by atoms with van der Waals surface area (Å²) in [5.74, 6) is 0. The Balaban J connectivity index is 1.95. The van der Waals surface area contributed by atoms with E-state index in [1.165, 1.54) is 19.0 Å². The maximum absolute atomic E-state index is 4.23. The van der Waals surface area contributed by atoms with Crippen LogP contribution in [0.4, 0.5) is 0 Å². The van der Waals surface area contributed by atoms with Crippen molar-refractivity contribution in [1.82, 2.24) is 0 Å². The van der Waals surface area contributed by atoms with Crippen LogP contribution in [0.5, 0.6) is 0 Å². The summed E-state index contributed by atoms with van der Waals surface area (Å²) in [6, 6.07) is 21.3. The molecule has 0 aliphatic heterocycles. The van der Waals surface area contributed by atoms with Gasteiger partial charge in [0.2, 0.25) is 0 Å². The van der Waals surface area contributed by atoms with Crippen molar-refractivity contribution in [2.24, 2.45) is 0 Å². The van der Waals surface area contributed by atoms with Crippen LogP contribution in [0.2, 0.25) is 0 Å². The van der Waals surface area contributed by atoms with Crippen LogP contribution in [-0.4, -0.2) is 29.9 Å². The van der Waals surface area contributed by atoms with Gasteiger partial charge in [0.1, 0.15) is 0 Å². The fraction of sp³-hybridized carbons (Fsp3) is 0.0588. The van der Waals surface area contributed by atoms with E-state index in [4.69, 9.17) is 0 Å². The second-order valence-corrected chi connectivity index (χ2v) is 8.50. The first-order valence-electron chi connectivity index (χ1n) is 6.06. The molecule has 0 aromatic heterocycles. The van der Waals surface area contributed by atoms with Gasteiger partial charge in [0.15, 0.2) is 0 Å². The van der Waals surface area contributed by atoms with Gasteiger partial charge in [-0.25, -0.2) is 0 Å². The van der Waals surface area contributed by atoms with E-state index in [-0.39, 0.29) is 0 Å². The van der Waals surface area contributed by atoms with E-state index in [9.17, 15) is 0 Å². The minimum absolute atomic E-state index is 0.342. The van der Waals surface area contributed by atoms with Crippen LogP contribution in [0.15, 0.2) is 82.3 Å². The van der Waals surface area contributed by atoms with Crippen molar-refractivity contribution in [2.45, 2.75) is 6.92 Å². The van der Waals surface area contributed by atoms with Crippen LogP contribution in [0, 0.1) is 0 Å². The quantitative estimate of drug-likeness (QED) is 0.554. The van der Waals surface area contributed by atoms with E-state index < -0.39 is 0 Å². The molecule has 0 N–H and O–H groups in total. The molecule has 0 saturated carbocycles. The normalized spacial score (nSPS) is 11.3. The summed E-state index contributed by atoms with van der Waals surface area (Å²) in [6.07, 6.45) is 0. The molecular weight excluding hydrogens is 362 g/mol. The van der Waals surface area contributed by atoms with Crippen LogP contribution < -0.4 is 8.92 Å². The summed E-state index contributed by atoms with van der Waals surface area (Å²) in [5, 5.41) is 0. The molecule has 2 aromatic carbocycles. The molecule has 96 valence electrons. The number of hydrogen-bond acceptors (Lipinski definition) is 0. The Hall–Kier alpha value is -1.04. The van der Waals surface area contributed by atoms with Crippen LogP contribution in [0.1, 0.15) is 6.92 Å². The number of benzene rings is 2. The first kappa shape index (κ1) is 14.4. The molecule has 0 aliphatic carbocycles. The van der Waals surface area contributed by atoms with E-state index in [2.05, 4.69) is 79.1 Å². The zero-order valence-corrected chi connectivity index (χ0v) is 14.3. The monoisotopic (exact) mass is 380 g/mol. The molecule has 2 aromatic rings. The van der Waals surface area contributed by atoms with Crippen molar-refractivity contribution in [1.29, 1.82) is 0 Å². The molecule has 0 fully saturated rings. The second-order valence-electron chi connectivity index (χ2n) is 4.07. The third-order valence-electron chi connectivity index (χ3n) is 2.54. The van der Waals surface area contributed by atoms with Gasteiger partial charge in [0.05, 0.1) is 0 Å². The minimum atomic E-state index is 0.342. The molecule has 0 bridgehead atoms. The van der Waals surface area contributed by atoms with Crippen molar-refractivity contribution >= 4 is 38.8 Å². The molecule has 2 heteroatoms. The number of rotatable bonds is 5. The first-order chi connectivity index (χ1) is 9.25. The van der Waals surface area contributed by atoms with E-state index in [0.29, 0.717) is 29.9 Å². The van der Waals surface area contributed by atoms with Gasteiger partial charge < -0.3 is 0 Å². The average molecular weight is 378 g/mol. The Bertz CT molecular complexity index is 556. The Kier molecular flexibility index (Phi) is 5.69. The average Bonchev–Trinajstić information content (AvgIpc) is 2.47. The Morgan fingerprint density at radius 3 is 2.00 bits per heavy atom. The van der Waals surface area contributed by atoms with Crippen LogP contribution >= 0.6 is 0 Å². The van der Waals surface area contributed by atoms with E-state index >= 15 is 0 Å². The second kappa shape index (κ2) is 7.52. The zero-order valence-electron chi connectivity index (χ0n) is 10.9. The van der Waals surface area contributed by atoms with Crippen molar-refractivity contribution in [3.63, 3.8) is 0 Å². The molecule has 0 saturated heterocycles. The summed E-state index contributed by atoms with van der Waals surface area (Å²) >= 11 is 0.746. The zero-order chi connectivity index (χ0) is 13.5. The van der Waals surface area contributed by atoms with Gasteiger partial charge in [-0.2, -0.15) is 0 Å². The Labute approximate surface area is 127 Å². The molecule has 0 heterocycles. The molecule has 19 heavy (non-hydrogen) atoms. The van der Waals surface area contributed by atoms with Crippen molar-refractivity contribution in [3.8, 4) is 0 Å². The summed E-state index contributed by atoms with van der Waals surface area (Å²) in [4.78, 5) is 2.34.